The van der Waals surface area contributed by atoms with Crippen LogP contribution in [0.25, 0.3) is 0 Å². The zero-order valence-electron chi connectivity index (χ0n) is 10.3. The zero-order valence-corrected chi connectivity index (χ0v) is 10.3. The molecule has 0 aliphatic heterocycles. The molecule has 1 aliphatic rings. The molecule has 0 radical (unpaired) electrons. The zero-order chi connectivity index (χ0) is 13.1. The molecule has 0 saturated heterocycles. The first-order valence-corrected chi connectivity index (χ1v) is 6.20. The van der Waals surface area contributed by atoms with Gasteiger partial charge in [0.05, 0.1) is 5.92 Å². The van der Waals surface area contributed by atoms with Crippen LogP contribution < -0.4 is 5.32 Å². The molecular weight excluding hydrogens is 230 g/mol. The Kier molecular flexibility index (Phi) is 3.65. The van der Waals surface area contributed by atoms with Gasteiger partial charge in [-0.05, 0) is 37.3 Å². The molecule has 4 heteroatoms. The number of hydrogen-bond donors (Lipinski definition) is 2. The largest absolute Gasteiger partial charge is 0.480 e. The highest BCUT2D eigenvalue weighted by atomic mass is 16.4. The van der Waals surface area contributed by atoms with Crippen molar-refractivity contribution in [3.63, 3.8) is 0 Å². The average molecular weight is 247 g/mol. The van der Waals surface area contributed by atoms with Crippen molar-refractivity contribution in [1.82, 2.24) is 5.32 Å². The second-order valence-corrected chi connectivity index (χ2v) is 4.71. The van der Waals surface area contributed by atoms with E-state index in [1.54, 1.807) is 0 Å². The van der Waals surface area contributed by atoms with Crippen LogP contribution >= 0.6 is 0 Å². The van der Waals surface area contributed by atoms with Gasteiger partial charge in [-0.3, -0.25) is 9.59 Å². The van der Waals surface area contributed by atoms with Crippen LogP contribution in [0, 0.1) is 0 Å². The van der Waals surface area contributed by atoms with Crippen LogP contribution in [0.5, 0.6) is 0 Å². The summed E-state index contributed by atoms with van der Waals surface area (Å²) >= 11 is 0. The van der Waals surface area contributed by atoms with Gasteiger partial charge in [-0.2, -0.15) is 0 Å². The van der Waals surface area contributed by atoms with E-state index < -0.39 is 12.0 Å². The van der Waals surface area contributed by atoms with Crippen LogP contribution in [0.2, 0.25) is 0 Å². The Balaban J connectivity index is 2.15. The van der Waals surface area contributed by atoms with Crippen molar-refractivity contribution in [2.75, 3.05) is 0 Å². The summed E-state index contributed by atoms with van der Waals surface area (Å²) in [6.45, 7) is 1.48. The summed E-state index contributed by atoms with van der Waals surface area (Å²) in [5.41, 5.74) is 2.24. The van der Waals surface area contributed by atoms with Crippen LogP contribution in [-0.2, 0) is 16.0 Å². The molecule has 1 unspecified atom stereocenters. The molecule has 1 aliphatic carbocycles. The minimum atomic E-state index is -1.01. The number of carbonyl (C=O) groups is 2. The van der Waals surface area contributed by atoms with E-state index in [1.165, 1.54) is 12.5 Å². The SMILES string of the molecule is C[C@H](NC(=O)C1CCCc2ccccc21)C(=O)O. The normalized spacial score (nSPS) is 19.7. The summed E-state index contributed by atoms with van der Waals surface area (Å²) in [4.78, 5) is 22.8. The highest BCUT2D eigenvalue weighted by Crippen LogP contribution is 2.31. The van der Waals surface area contributed by atoms with E-state index in [-0.39, 0.29) is 11.8 Å². The molecule has 0 saturated carbocycles. The Bertz CT molecular complexity index is 470. The van der Waals surface area contributed by atoms with Crippen molar-refractivity contribution in [3.8, 4) is 0 Å². The lowest BCUT2D eigenvalue weighted by atomic mass is 9.82. The van der Waals surface area contributed by atoms with Crippen molar-refractivity contribution >= 4 is 11.9 Å². The summed E-state index contributed by atoms with van der Waals surface area (Å²) in [6.07, 6.45) is 2.75. The van der Waals surface area contributed by atoms with E-state index in [2.05, 4.69) is 5.32 Å². The standard InChI is InChI=1S/C14H17NO3/c1-9(14(17)18)15-13(16)12-8-4-6-10-5-2-3-7-11(10)12/h2-3,5,7,9,12H,4,6,8H2,1H3,(H,15,16)(H,17,18)/t9-,12?/m0/s1. The lowest BCUT2D eigenvalue weighted by Crippen LogP contribution is -2.41. The van der Waals surface area contributed by atoms with Gasteiger partial charge in [-0.1, -0.05) is 24.3 Å². The first kappa shape index (κ1) is 12.6. The Morgan fingerprint density at radius 1 is 1.39 bits per heavy atom. The number of aryl methyl sites for hydroxylation is 1. The molecule has 4 nitrogen and oxygen atoms in total. The van der Waals surface area contributed by atoms with E-state index in [1.807, 2.05) is 24.3 Å². The molecule has 2 N–H and O–H groups in total. The highest BCUT2D eigenvalue weighted by Gasteiger charge is 2.27. The van der Waals surface area contributed by atoms with Crippen LogP contribution in [0.4, 0.5) is 0 Å². The number of nitrogens with one attached hydrogen (secondary N) is 1. The van der Waals surface area contributed by atoms with Crippen molar-refractivity contribution in [2.45, 2.75) is 38.1 Å². The minimum absolute atomic E-state index is 0.183. The van der Waals surface area contributed by atoms with Gasteiger partial charge >= 0.3 is 5.97 Å². The number of carboxylic acids is 1. The maximum absolute atomic E-state index is 12.1. The van der Waals surface area contributed by atoms with Gasteiger partial charge in [0.1, 0.15) is 6.04 Å². The lowest BCUT2D eigenvalue weighted by molar-refractivity contribution is -0.141. The van der Waals surface area contributed by atoms with Crippen LogP contribution in [0.15, 0.2) is 24.3 Å². The van der Waals surface area contributed by atoms with Gasteiger partial charge in [0, 0.05) is 0 Å². The summed E-state index contributed by atoms with van der Waals surface area (Å²) in [5, 5.41) is 11.4. The minimum Gasteiger partial charge on any atom is -0.480 e. The fourth-order valence-electron chi connectivity index (χ4n) is 2.40. The summed E-state index contributed by atoms with van der Waals surface area (Å²) in [6, 6.07) is 7.05. The Labute approximate surface area is 106 Å². The lowest BCUT2D eigenvalue weighted by Gasteiger charge is -2.25. The molecule has 96 valence electrons. The van der Waals surface area contributed by atoms with Gasteiger partial charge in [-0.25, -0.2) is 0 Å². The van der Waals surface area contributed by atoms with Crippen molar-refractivity contribution in [2.24, 2.45) is 0 Å². The molecule has 0 fully saturated rings. The molecule has 18 heavy (non-hydrogen) atoms. The topological polar surface area (TPSA) is 66.4 Å². The average Bonchev–Trinajstić information content (AvgIpc) is 2.37. The summed E-state index contributed by atoms with van der Waals surface area (Å²) in [5.74, 6) is -1.40. The molecule has 1 amide bonds. The van der Waals surface area contributed by atoms with E-state index in [0.29, 0.717) is 0 Å². The smallest absolute Gasteiger partial charge is 0.325 e. The number of amides is 1. The molecule has 1 aromatic carbocycles. The summed E-state index contributed by atoms with van der Waals surface area (Å²) < 4.78 is 0. The van der Waals surface area contributed by atoms with Gasteiger partial charge in [0.25, 0.3) is 0 Å². The third-order valence-electron chi connectivity index (χ3n) is 3.42. The molecule has 0 heterocycles. The van der Waals surface area contributed by atoms with E-state index in [4.69, 9.17) is 5.11 Å². The second kappa shape index (κ2) is 5.21. The monoisotopic (exact) mass is 247 g/mol. The fraction of sp³-hybridized carbons (Fsp3) is 0.429. The van der Waals surface area contributed by atoms with Gasteiger partial charge in [-0.15, -0.1) is 0 Å². The number of carboxylic acid groups (broad SMARTS) is 1. The van der Waals surface area contributed by atoms with Gasteiger partial charge < -0.3 is 10.4 Å². The van der Waals surface area contributed by atoms with E-state index in [0.717, 1.165) is 24.8 Å². The first-order chi connectivity index (χ1) is 8.59. The van der Waals surface area contributed by atoms with Crippen LogP contribution in [0.1, 0.15) is 36.8 Å². The summed E-state index contributed by atoms with van der Waals surface area (Å²) in [7, 11) is 0. The Morgan fingerprint density at radius 3 is 2.83 bits per heavy atom. The Hall–Kier alpha value is -1.84. The molecule has 0 aromatic heterocycles. The molecule has 0 bridgehead atoms. The first-order valence-electron chi connectivity index (χ1n) is 6.20. The Morgan fingerprint density at radius 2 is 2.11 bits per heavy atom. The molecule has 0 spiro atoms. The number of fused-ring (bicyclic) bond motifs is 1. The van der Waals surface area contributed by atoms with Gasteiger partial charge in [0.2, 0.25) is 5.91 Å². The van der Waals surface area contributed by atoms with E-state index >= 15 is 0 Å². The maximum atomic E-state index is 12.1. The predicted molar refractivity (Wildman–Crippen MR) is 67.4 cm³/mol. The van der Waals surface area contributed by atoms with E-state index in [9.17, 15) is 9.59 Å². The van der Waals surface area contributed by atoms with Crippen LogP contribution in [0.3, 0.4) is 0 Å². The number of carbonyl (C=O) groups excluding carboxylic acids is 1. The van der Waals surface area contributed by atoms with Crippen molar-refractivity contribution in [3.05, 3.63) is 35.4 Å². The third-order valence-corrected chi connectivity index (χ3v) is 3.42. The number of rotatable bonds is 3. The van der Waals surface area contributed by atoms with Crippen LogP contribution in [-0.4, -0.2) is 23.0 Å². The highest BCUT2D eigenvalue weighted by molar-refractivity contribution is 5.88. The molecular formula is C14H17NO3. The quantitative estimate of drug-likeness (QED) is 0.854. The van der Waals surface area contributed by atoms with Gasteiger partial charge in [0.15, 0.2) is 0 Å². The van der Waals surface area contributed by atoms with Crippen molar-refractivity contribution in [1.29, 1.82) is 0 Å². The molecule has 2 atom stereocenters. The fourth-order valence-corrected chi connectivity index (χ4v) is 2.40. The maximum Gasteiger partial charge on any atom is 0.325 e. The number of aliphatic carboxylic acids is 1. The molecule has 1 aromatic rings. The van der Waals surface area contributed by atoms with Crippen molar-refractivity contribution < 1.29 is 14.7 Å². The molecule has 2 rings (SSSR count). The number of benzene rings is 1. The predicted octanol–water partition coefficient (Wildman–Crippen LogP) is 1.70. The number of hydrogen-bond acceptors (Lipinski definition) is 2. The second-order valence-electron chi connectivity index (χ2n) is 4.71. The third kappa shape index (κ3) is 2.53.